The highest BCUT2D eigenvalue weighted by molar-refractivity contribution is 7.93. The summed E-state index contributed by atoms with van der Waals surface area (Å²) in [6.45, 7) is 3.73. The molecule has 3 fully saturated rings. The van der Waals surface area contributed by atoms with E-state index in [4.69, 9.17) is 5.73 Å². The topological polar surface area (TPSA) is 89.3 Å². The first kappa shape index (κ1) is 23.0. The molecule has 1 amide bonds. The second kappa shape index (κ2) is 9.45. The van der Waals surface area contributed by atoms with Gasteiger partial charge in [-0.15, -0.1) is 12.4 Å². The predicted octanol–water partition coefficient (Wildman–Crippen LogP) is 3.20. The van der Waals surface area contributed by atoms with Gasteiger partial charge in [-0.25, -0.2) is 8.42 Å². The fourth-order valence-corrected chi connectivity index (χ4v) is 8.23. The predicted molar refractivity (Wildman–Crippen MR) is 112 cm³/mol. The Morgan fingerprint density at radius 2 is 1.52 bits per heavy atom. The molecule has 3 rings (SSSR count). The molecular weight excluding hydrogens is 384 g/mol. The normalized spacial score (nSPS) is 33.2. The molecule has 158 valence electrons. The number of amides is 1. The standard InChI is InChI=1S/C20H36N2O3S.ClH/c1-13(2)19(26(24,25)17-9-4-3-5-10-17)20(23)22-18-14-7-6-8-15(18)12-16(21)11-14;/h13-19H,3-12,21H2,1-2H3,(H,22,23);1H. The summed E-state index contributed by atoms with van der Waals surface area (Å²) in [5.74, 6) is 0.355. The summed E-state index contributed by atoms with van der Waals surface area (Å²) in [7, 11) is -3.44. The Kier molecular flexibility index (Phi) is 8.03. The first-order valence-corrected chi connectivity index (χ1v) is 12.2. The van der Waals surface area contributed by atoms with Crippen LogP contribution in [0.2, 0.25) is 0 Å². The van der Waals surface area contributed by atoms with Crippen LogP contribution in [-0.4, -0.2) is 36.9 Å². The number of carbonyl (C=O) groups is 1. The molecule has 3 N–H and O–H groups in total. The molecule has 0 spiro atoms. The molecule has 2 bridgehead atoms. The smallest absolute Gasteiger partial charge is 0.238 e. The summed E-state index contributed by atoms with van der Waals surface area (Å²) in [6, 6.07) is 0.337. The number of rotatable bonds is 5. The van der Waals surface area contributed by atoms with Gasteiger partial charge in [0.2, 0.25) is 5.91 Å². The van der Waals surface area contributed by atoms with Crippen molar-refractivity contribution in [2.75, 3.05) is 0 Å². The molecule has 3 atom stereocenters. The molecule has 0 heterocycles. The summed E-state index contributed by atoms with van der Waals surface area (Å²) in [5.41, 5.74) is 6.18. The Labute approximate surface area is 170 Å². The molecule has 7 heteroatoms. The lowest BCUT2D eigenvalue weighted by Gasteiger charge is -2.45. The van der Waals surface area contributed by atoms with Crippen molar-refractivity contribution >= 4 is 28.2 Å². The van der Waals surface area contributed by atoms with Crippen LogP contribution in [0.4, 0.5) is 0 Å². The summed E-state index contributed by atoms with van der Waals surface area (Å²) < 4.78 is 26.5. The zero-order valence-electron chi connectivity index (χ0n) is 16.7. The summed E-state index contributed by atoms with van der Waals surface area (Å²) in [6.07, 6.45) is 9.73. The fourth-order valence-electron chi connectivity index (χ4n) is 5.70. The zero-order valence-corrected chi connectivity index (χ0v) is 18.4. The van der Waals surface area contributed by atoms with Crippen LogP contribution in [0.5, 0.6) is 0 Å². The van der Waals surface area contributed by atoms with Crippen LogP contribution in [0.25, 0.3) is 0 Å². The van der Waals surface area contributed by atoms with Crippen LogP contribution in [0.1, 0.15) is 78.1 Å². The highest BCUT2D eigenvalue weighted by atomic mass is 35.5. The van der Waals surface area contributed by atoms with Crippen LogP contribution in [0, 0.1) is 17.8 Å². The third-order valence-electron chi connectivity index (χ3n) is 6.92. The SMILES string of the molecule is CC(C)C(C(=O)NC1C2CCCC1CC(N)C2)S(=O)(=O)C1CCCCC1.Cl. The van der Waals surface area contributed by atoms with Crippen molar-refractivity contribution in [2.24, 2.45) is 23.5 Å². The second-order valence-electron chi connectivity index (χ2n) is 9.23. The van der Waals surface area contributed by atoms with Crippen molar-refractivity contribution in [1.29, 1.82) is 0 Å². The minimum Gasteiger partial charge on any atom is -0.352 e. The lowest BCUT2D eigenvalue weighted by Crippen LogP contribution is -2.57. The minimum atomic E-state index is -3.44. The maximum absolute atomic E-state index is 13.2. The highest BCUT2D eigenvalue weighted by Gasteiger charge is 2.45. The van der Waals surface area contributed by atoms with E-state index in [-0.39, 0.29) is 41.6 Å². The molecule has 5 nitrogen and oxygen atoms in total. The maximum atomic E-state index is 13.2. The van der Waals surface area contributed by atoms with E-state index in [1.807, 2.05) is 13.8 Å². The Balaban J connectivity index is 0.00000261. The van der Waals surface area contributed by atoms with Gasteiger partial charge in [-0.2, -0.15) is 0 Å². The molecule has 3 unspecified atom stereocenters. The molecule has 0 aromatic carbocycles. The Morgan fingerprint density at radius 1 is 0.963 bits per heavy atom. The van der Waals surface area contributed by atoms with Gasteiger partial charge >= 0.3 is 0 Å². The van der Waals surface area contributed by atoms with Crippen LogP contribution in [0.3, 0.4) is 0 Å². The van der Waals surface area contributed by atoms with E-state index < -0.39 is 15.1 Å². The molecular formula is C20H37ClN2O3S. The number of hydrogen-bond acceptors (Lipinski definition) is 4. The molecule has 3 aliphatic carbocycles. The molecule has 0 saturated heterocycles. The Hall–Kier alpha value is -0.330. The molecule has 0 aliphatic heterocycles. The van der Waals surface area contributed by atoms with Gasteiger partial charge in [0.05, 0.1) is 5.25 Å². The first-order chi connectivity index (χ1) is 12.3. The van der Waals surface area contributed by atoms with Gasteiger partial charge in [-0.1, -0.05) is 39.5 Å². The number of nitrogens with two attached hydrogens (primary N) is 1. The van der Waals surface area contributed by atoms with Crippen molar-refractivity contribution < 1.29 is 13.2 Å². The van der Waals surface area contributed by atoms with Gasteiger partial charge in [0.1, 0.15) is 5.25 Å². The molecule has 0 aromatic rings. The van der Waals surface area contributed by atoms with Gasteiger partial charge in [0, 0.05) is 12.1 Å². The molecule has 27 heavy (non-hydrogen) atoms. The fraction of sp³-hybridized carbons (Fsp3) is 0.950. The van der Waals surface area contributed by atoms with Crippen molar-refractivity contribution in [1.82, 2.24) is 5.32 Å². The second-order valence-corrected chi connectivity index (χ2v) is 11.6. The Morgan fingerprint density at radius 3 is 2.04 bits per heavy atom. The van der Waals surface area contributed by atoms with Crippen molar-refractivity contribution in [2.45, 2.75) is 101 Å². The summed E-state index contributed by atoms with van der Waals surface area (Å²) in [4.78, 5) is 13.1. The molecule has 3 aliphatic rings. The zero-order chi connectivity index (χ0) is 18.9. The van der Waals surface area contributed by atoms with Crippen LogP contribution in [-0.2, 0) is 14.6 Å². The average molecular weight is 421 g/mol. The van der Waals surface area contributed by atoms with Gasteiger partial charge in [-0.3, -0.25) is 4.79 Å². The number of hydrogen-bond donors (Lipinski definition) is 2. The van der Waals surface area contributed by atoms with E-state index in [9.17, 15) is 13.2 Å². The van der Waals surface area contributed by atoms with E-state index in [1.54, 1.807) is 0 Å². The van der Waals surface area contributed by atoms with Gasteiger partial charge in [0.15, 0.2) is 9.84 Å². The Bertz CT molecular complexity index is 590. The quantitative estimate of drug-likeness (QED) is 0.714. The number of fused-ring (bicyclic) bond motifs is 2. The lowest BCUT2D eigenvalue weighted by molar-refractivity contribution is -0.123. The lowest BCUT2D eigenvalue weighted by atomic mass is 9.67. The first-order valence-electron chi connectivity index (χ1n) is 10.6. The monoisotopic (exact) mass is 420 g/mol. The third kappa shape index (κ3) is 4.99. The van der Waals surface area contributed by atoms with Gasteiger partial charge in [-0.05, 0) is 56.3 Å². The van der Waals surface area contributed by atoms with Crippen LogP contribution in [0.15, 0.2) is 0 Å². The van der Waals surface area contributed by atoms with E-state index in [2.05, 4.69) is 5.32 Å². The van der Waals surface area contributed by atoms with Crippen LogP contribution < -0.4 is 11.1 Å². The number of halogens is 1. The van der Waals surface area contributed by atoms with Crippen molar-refractivity contribution in [3.63, 3.8) is 0 Å². The van der Waals surface area contributed by atoms with Crippen molar-refractivity contribution in [3.05, 3.63) is 0 Å². The maximum Gasteiger partial charge on any atom is 0.238 e. The van der Waals surface area contributed by atoms with E-state index in [0.29, 0.717) is 24.7 Å². The summed E-state index contributed by atoms with van der Waals surface area (Å²) in [5, 5.41) is 1.94. The van der Waals surface area contributed by atoms with Crippen molar-refractivity contribution in [3.8, 4) is 0 Å². The largest absolute Gasteiger partial charge is 0.352 e. The molecule has 0 radical (unpaired) electrons. The van der Waals surface area contributed by atoms with Gasteiger partial charge < -0.3 is 11.1 Å². The molecule has 0 aromatic heterocycles. The van der Waals surface area contributed by atoms with Gasteiger partial charge in [0.25, 0.3) is 0 Å². The van der Waals surface area contributed by atoms with E-state index in [1.165, 1.54) is 6.42 Å². The van der Waals surface area contributed by atoms with Crippen LogP contribution >= 0.6 is 12.4 Å². The average Bonchev–Trinajstić information content (AvgIpc) is 2.56. The summed E-state index contributed by atoms with van der Waals surface area (Å²) >= 11 is 0. The number of nitrogens with one attached hydrogen (secondary N) is 1. The third-order valence-corrected chi connectivity index (χ3v) is 9.79. The highest BCUT2D eigenvalue weighted by Crippen LogP contribution is 2.40. The molecule has 3 saturated carbocycles. The minimum absolute atomic E-state index is 0. The van der Waals surface area contributed by atoms with E-state index >= 15 is 0 Å². The number of sulfone groups is 1. The number of carbonyl (C=O) groups excluding carboxylic acids is 1. The van der Waals surface area contributed by atoms with E-state index in [0.717, 1.165) is 44.9 Å².